The van der Waals surface area contributed by atoms with E-state index in [1.54, 1.807) is 42.3 Å². The van der Waals surface area contributed by atoms with Crippen LogP contribution in [-0.4, -0.2) is 38.9 Å². The quantitative estimate of drug-likeness (QED) is 0.291. The van der Waals surface area contributed by atoms with Crippen molar-refractivity contribution in [2.24, 2.45) is 0 Å². The smallest absolute Gasteiger partial charge is 0.303 e. The van der Waals surface area contributed by atoms with E-state index < -0.39 is 5.97 Å². The minimum absolute atomic E-state index is 0.0808. The maximum atomic E-state index is 13.5. The molecule has 0 saturated heterocycles. The molecule has 0 unspecified atom stereocenters. The fraction of sp³-hybridized carbons (Fsp3) is 0.241. The van der Waals surface area contributed by atoms with Gasteiger partial charge in [-0.3, -0.25) is 9.59 Å². The van der Waals surface area contributed by atoms with Crippen molar-refractivity contribution in [1.29, 1.82) is 0 Å². The molecule has 1 amide bonds. The van der Waals surface area contributed by atoms with Gasteiger partial charge in [0.25, 0.3) is 5.91 Å². The Morgan fingerprint density at radius 3 is 2.36 bits per heavy atom. The van der Waals surface area contributed by atoms with Gasteiger partial charge in [0.15, 0.2) is 0 Å². The zero-order valence-electron chi connectivity index (χ0n) is 20.3. The fourth-order valence-corrected chi connectivity index (χ4v) is 4.14. The minimum Gasteiger partial charge on any atom is -0.481 e. The lowest BCUT2D eigenvalue weighted by molar-refractivity contribution is -0.137. The first-order valence-corrected chi connectivity index (χ1v) is 11.9. The Kier molecular flexibility index (Phi) is 7.68. The number of hydrogen-bond donors (Lipinski definition) is 1. The van der Waals surface area contributed by atoms with Gasteiger partial charge in [-0.2, -0.15) is 0 Å². The highest BCUT2D eigenvalue weighted by Gasteiger charge is 2.20. The first-order chi connectivity index (χ1) is 17.3. The van der Waals surface area contributed by atoms with Gasteiger partial charge in [0.2, 0.25) is 0 Å². The zero-order chi connectivity index (χ0) is 25.7. The van der Waals surface area contributed by atoms with E-state index in [-0.39, 0.29) is 24.2 Å². The second-order valence-corrected chi connectivity index (χ2v) is 8.83. The van der Waals surface area contributed by atoms with Crippen LogP contribution in [0.15, 0.2) is 72.8 Å². The molecule has 0 aliphatic heterocycles. The van der Waals surface area contributed by atoms with E-state index >= 15 is 0 Å². The summed E-state index contributed by atoms with van der Waals surface area (Å²) < 4.78 is 13.5. The van der Waals surface area contributed by atoms with Gasteiger partial charge in [0.1, 0.15) is 5.82 Å². The highest BCUT2D eigenvalue weighted by atomic mass is 19.1. The molecule has 6 nitrogen and oxygen atoms in total. The molecule has 0 spiro atoms. The lowest BCUT2D eigenvalue weighted by Crippen LogP contribution is -2.29. The molecular formula is C29H28FN3O3. The normalized spacial score (nSPS) is 11.9. The topological polar surface area (TPSA) is 83.4 Å². The maximum Gasteiger partial charge on any atom is 0.303 e. The van der Waals surface area contributed by atoms with Crippen molar-refractivity contribution >= 4 is 22.9 Å². The molecule has 3 aromatic carbocycles. The Bertz CT molecular complexity index is 1370. The molecule has 1 aromatic heterocycles. The second kappa shape index (κ2) is 11.1. The van der Waals surface area contributed by atoms with Crippen LogP contribution >= 0.6 is 0 Å². The molecule has 0 fully saturated rings. The van der Waals surface area contributed by atoms with Gasteiger partial charge >= 0.3 is 5.97 Å². The number of carbonyl (C=O) groups is 2. The summed E-state index contributed by atoms with van der Waals surface area (Å²) in [5.74, 6) is -1.30. The number of carboxylic acid groups (broad SMARTS) is 1. The zero-order valence-corrected chi connectivity index (χ0v) is 20.3. The summed E-state index contributed by atoms with van der Waals surface area (Å²) >= 11 is 0. The number of benzene rings is 3. The lowest BCUT2D eigenvalue weighted by Gasteiger charge is -2.25. The number of aryl methyl sites for hydroxylation is 1. The van der Waals surface area contributed by atoms with Crippen LogP contribution in [-0.2, 0) is 11.2 Å². The number of aliphatic carboxylic acids is 1. The number of amides is 1. The van der Waals surface area contributed by atoms with Crippen molar-refractivity contribution in [3.63, 3.8) is 0 Å². The van der Waals surface area contributed by atoms with E-state index in [9.17, 15) is 14.0 Å². The SMILES string of the molecule is C[C@@H](c1ccccc1)N(C)C(=O)c1ccc2nc(-c3ccc(F)cc3)c(CCCCC(=O)O)nc2c1. The van der Waals surface area contributed by atoms with Crippen LogP contribution in [0.25, 0.3) is 22.3 Å². The van der Waals surface area contributed by atoms with Gasteiger partial charge in [-0.25, -0.2) is 14.4 Å². The van der Waals surface area contributed by atoms with Crippen LogP contribution in [0, 0.1) is 5.82 Å². The maximum absolute atomic E-state index is 13.5. The molecule has 1 N–H and O–H groups in total. The first kappa shape index (κ1) is 25.0. The first-order valence-electron chi connectivity index (χ1n) is 11.9. The lowest BCUT2D eigenvalue weighted by atomic mass is 10.0. The average Bonchev–Trinajstić information content (AvgIpc) is 2.90. The van der Waals surface area contributed by atoms with E-state index in [0.717, 1.165) is 11.1 Å². The highest BCUT2D eigenvalue weighted by molar-refractivity contribution is 5.97. The molecule has 0 saturated carbocycles. The van der Waals surface area contributed by atoms with E-state index in [1.807, 2.05) is 37.3 Å². The number of rotatable bonds is 9. The van der Waals surface area contributed by atoms with Crippen LogP contribution in [0.1, 0.15) is 53.8 Å². The highest BCUT2D eigenvalue weighted by Crippen LogP contribution is 2.27. The predicted octanol–water partition coefficient (Wildman–Crippen LogP) is 6.07. The number of aromatic nitrogens is 2. The molecular weight excluding hydrogens is 457 g/mol. The van der Waals surface area contributed by atoms with Crippen molar-refractivity contribution in [3.05, 3.63) is 95.4 Å². The van der Waals surface area contributed by atoms with Gasteiger partial charge in [-0.05, 0) is 74.2 Å². The number of fused-ring (bicyclic) bond motifs is 1. The Morgan fingerprint density at radius 2 is 1.67 bits per heavy atom. The molecule has 36 heavy (non-hydrogen) atoms. The van der Waals surface area contributed by atoms with Crippen LogP contribution in [0.4, 0.5) is 4.39 Å². The Hall–Kier alpha value is -4.13. The van der Waals surface area contributed by atoms with Crippen LogP contribution in [0.5, 0.6) is 0 Å². The summed E-state index contributed by atoms with van der Waals surface area (Å²) in [5, 5.41) is 8.95. The molecule has 4 rings (SSSR count). The third-order valence-electron chi connectivity index (χ3n) is 6.34. The van der Waals surface area contributed by atoms with Gasteiger partial charge in [-0.1, -0.05) is 30.3 Å². The van der Waals surface area contributed by atoms with Crippen molar-refractivity contribution in [2.75, 3.05) is 7.05 Å². The molecule has 1 heterocycles. The van der Waals surface area contributed by atoms with Gasteiger partial charge in [0, 0.05) is 24.6 Å². The van der Waals surface area contributed by atoms with Gasteiger partial charge in [0.05, 0.1) is 28.5 Å². The van der Waals surface area contributed by atoms with Crippen LogP contribution in [0.3, 0.4) is 0 Å². The number of halogens is 1. The summed E-state index contributed by atoms with van der Waals surface area (Å²) in [6, 6.07) is 21.1. The number of hydrogen-bond acceptors (Lipinski definition) is 4. The number of unbranched alkanes of at least 4 members (excludes halogenated alkanes) is 1. The summed E-state index contributed by atoms with van der Waals surface area (Å²) in [5.41, 5.74) is 4.81. The minimum atomic E-state index is -0.838. The van der Waals surface area contributed by atoms with E-state index in [2.05, 4.69) is 0 Å². The summed E-state index contributed by atoms with van der Waals surface area (Å²) in [6.45, 7) is 1.98. The van der Waals surface area contributed by atoms with Gasteiger partial charge < -0.3 is 10.0 Å². The largest absolute Gasteiger partial charge is 0.481 e. The number of carbonyl (C=O) groups excluding carboxylic acids is 1. The summed E-state index contributed by atoms with van der Waals surface area (Å²) in [7, 11) is 1.78. The molecule has 0 aliphatic rings. The van der Waals surface area contributed by atoms with Gasteiger partial charge in [-0.15, -0.1) is 0 Å². The van der Waals surface area contributed by atoms with E-state index in [4.69, 9.17) is 15.1 Å². The molecule has 0 bridgehead atoms. The fourth-order valence-electron chi connectivity index (χ4n) is 4.14. The molecule has 0 radical (unpaired) electrons. The third-order valence-corrected chi connectivity index (χ3v) is 6.34. The van der Waals surface area contributed by atoms with Crippen molar-refractivity contribution in [1.82, 2.24) is 14.9 Å². The van der Waals surface area contributed by atoms with Crippen LogP contribution < -0.4 is 0 Å². The molecule has 7 heteroatoms. The van der Waals surface area contributed by atoms with Crippen molar-refractivity contribution in [3.8, 4) is 11.3 Å². The van der Waals surface area contributed by atoms with Crippen molar-refractivity contribution < 1.29 is 19.1 Å². The van der Waals surface area contributed by atoms with E-state index in [1.165, 1.54) is 12.1 Å². The predicted molar refractivity (Wildman–Crippen MR) is 137 cm³/mol. The molecule has 1 atom stereocenters. The molecule has 184 valence electrons. The third kappa shape index (κ3) is 5.74. The van der Waals surface area contributed by atoms with Crippen molar-refractivity contribution in [2.45, 2.75) is 38.6 Å². The Labute approximate surface area is 209 Å². The number of nitrogens with zero attached hydrogens (tertiary/aromatic N) is 3. The standard InChI is InChI=1S/C29H28FN3O3/c1-19(20-8-4-3-5-9-20)33(2)29(36)22-14-17-24-26(18-22)31-25(10-6-7-11-27(34)35)28(32-24)21-12-15-23(30)16-13-21/h3-5,8-9,12-19H,6-7,10-11H2,1-2H3,(H,34,35)/t19-/m0/s1. The molecule has 0 aliphatic carbocycles. The average molecular weight is 486 g/mol. The van der Waals surface area contributed by atoms with E-state index in [0.29, 0.717) is 47.2 Å². The monoisotopic (exact) mass is 485 g/mol. The Morgan fingerprint density at radius 1 is 0.944 bits per heavy atom. The second-order valence-electron chi connectivity index (χ2n) is 8.83. The number of carboxylic acids is 1. The Balaban J connectivity index is 1.66. The summed E-state index contributed by atoms with van der Waals surface area (Å²) in [6.07, 6.45) is 1.73. The molecule has 4 aromatic rings. The summed E-state index contributed by atoms with van der Waals surface area (Å²) in [4.78, 5) is 35.5. The van der Waals surface area contributed by atoms with Crippen LogP contribution in [0.2, 0.25) is 0 Å².